The molecule has 2 fully saturated rings. The van der Waals surface area contributed by atoms with Crippen LogP contribution < -0.4 is 15.8 Å². The minimum absolute atomic E-state index is 0.00343. The van der Waals surface area contributed by atoms with Gasteiger partial charge in [-0.3, -0.25) is 9.59 Å². The van der Waals surface area contributed by atoms with E-state index in [1.807, 2.05) is 4.90 Å². The second kappa shape index (κ2) is 6.58. The number of nitrogens with zero attached hydrogens (tertiary/aromatic N) is 1. The van der Waals surface area contributed by atoms with Crippen LogP contribution in [0.1, 0.15) is 29.6 Å². The number of ether oxygens (including phenoxy) is 1. The van der Waals surface area contributed by atoms with Crippen LogP contribution in [0.3, 0.4) is 0 Å². The van der Waals surface area contributed by atoms with Gasteiger partial charge in [0.2, 0.25) is 5.91 Å². The summed E-state index contributed by atoms with van der Waals surface area (Å²) >= 11 is 0. The molecule has 1 aromatic carbocycles. The lowest BCUT2D eigenvalue weighted by Crippen LogP contribution is -2.40. The van der Waals surface area contributed by atoms with Crippen LogP contribution in [-0.2, 0) is 4.79 Å². The quantitative estimate of drug-likeness (QED) is 0.859. The third-order valence-corrected chi connectivity index (χ3v) is 4.94. The largest absolute Gasteiger partial charge is 0.484 e. The first kappa shape index (κ1) is 15.8. The van der Waals surface area contributed by atoms with Gasteiger partial charge < -0.3 is 20.7 Å². The normalized spacial score (nSPS) is 19.7. The summed E-state index contributed by atoms with van der Waals surface area (Å²) in [6.45, 7) is 3.72. The fourth-order valence-corrected chi connectivity index (χ4v) is 3.49. The summed E-state index contributed by atoms with van der Waals surface area (Å²) in [6, 6.07) is 6.60. The van der Waals surface area contributed by atoms with Crippen molar-refractivity contribution in [3.8, 4) is 5.75 Å². The number of rotatable bonds is 4. The molecule has 6 nitrogen and oxygen atoms in total. The van der Waals surface area contributed by atoms with Gasteiger partial charge in [-0.2, -0.15) is 0 Å². The first-order valence-electron chi connectivity index (χ1n) is 8.09. The van der Waals surface area contributed by atoms with E-state index in [9.17, 15) is 9.59 Å². The Hall–Kier alpha value is -2.08. The van der Waals surface area contributed by atoms with Crippen molar-refractivity contribution in [1.29, 1.82) is 0 Å². The highest BCUT2D eigenvalue weighted by Gasteiger charge is 2.40. The number of primary amides is 1. The predicted molar refractivity (Wildman–Crippen MR) is 86.2 cm³/mol. The molecule has 0 radical (unpaired) electrons. The second-order valence-electron chi connectivity index (χ2n) is 6.50. The summed E-state index contributed by atoms with van der Waals surface area (Å²) in [5.74, 6) is -0.00974. The van der Waals surface area contributed by atoms with Crippen LogP contribution in [-0.4, -0.2) is 49.5 Å². The molecule has 3 N–H and O–H groups in total. The van der Waals surface area contributed by atoms with Gasteiger partial charge in [-0.1, -0.05) is 6.07 Å². The fourth-order valence-electron chi connectivity index (χ4n) is 3.49. The Morgan fingerprint density at radius 1 is 1.26 bits per heavy atom. The van der Waals surface area contributed by atoms with Crippen LogP contribution in [0.4, 0.5) is 0 Å². The standard InChI is InChI=1S/C17H23N3O3/c18-16(22)13-2-1-3-14(10-13)23-11-15(21)20-9-6-17(12-20)4-7-19-8-5-17/h1-3,10,19H,4-9,11-12H2,(H2,18,22). The number of benzene rings is 1. The summed E-state index contributed by atoms with van der Waals surface area (Å²) in [5.41, 5.74) is 5.92. The van der Waals surface area contributed by atoms with Crippen molar-refractivity contribution in [2.75, 3.05) is 32.8 Å². The van der Waals surface area contributed by atoms with E-state index < -0.39 is 5.91 Å². The van der Waals surface area contributed by atoms with Gasteiger partial charge in [-0.15, -0.1) is 0 Å². The molecule has 0 aromatic heterocycles. The van der Waals surface area contributed by atoms with Crippen LogP contribution in [0.15, 0.2) is 24.3 Å². The molecule has 2 amide bonds. The summed E-state index contributed by atoms with van der Waals surface area (Å²) in [4.78, 5) is 25.4. The van der Waals surface area contributed by atoms with E-state index in [4.69, 9.17) is 10.5 Å². The Morgan fingerprint density at radius 2 is 2.04 bits per heavy atom. The molecule has 0 unspecified atom stereocenters. The minimum Gasteiger partial charge on any atom is -0.484 e. The maximum Gasteiger partial charge on any atom is 0.260 e. The zero-order valence-corrected chi connectivity index (χ0v) is 13.2. The Labute approximate surface area is 136 Å². The number of carbonyl (C=O) groups is 2. The third-order valence-electron chi connectivity index (χ3n) is 4.94. The first-order chi connectivity index (χ1) is 11.1. The molecular formula is C17H23N3O3. The molecule has 2 saturated heterocycles. The number of hydrogen-bond donors (Lipinski definition) is 2. The van der Waals surface area contributed by atoms with Gasteiger partial charge in [0.1, 0.15) is 5.75 Å². The Kier molecular flexibility index (Phi) is 4.52. The lowest BCUT2D eigenvalue weighted by molar-refractivity contribution is -0.132. The van der Waals surface area contributed by atoms with Crippen LogP contribution >= 0.6 is 0 Å². The monoisotopic (exact) mass is 317 g/mol. The molecule has 2 aliphatic heterocycles. The molecule has 0 atom stereocenters. The van der Waals surface area contributed by atoms with E-state index >= 15 is 0 Å². The van der Waals surface area contributed by atoms with Gasteiger partial charge in [0, 0.05) is 18.7 Å². The number of nitrogens with two attached hydrogens (primary N) is 1. The van der Waals surface area contributed by atoms with E-state index in [1.54, 1.807) is 24.3 Å². The van der Waals surface area contributed by atoms with Crippen molar-refractivity contribution in [1.82, 2.24) is 10.2 Å². The number of hydrogen-bond acceptors (Lipinski definition) is 4. The van der Waals surface area contributed by atoms with Gasteiger partial charge in [-0.25, -0.2) is 0 Å². The molecule has 23 heavy (non-hydrogen) atoms. The van der Waals surface area contributed by atoms with Crippen LogP contribution in [0.2, 0.25) is 0 Å². The molecule has 1 aromatic rings. The van der Waals surface area contributed by atoms with Gasteiger partial charge in [-0.05, 0) is 56.0 Å². The molecule has 1 spiro atoms. The predicted octanol–water partition coefficient (Wildman–Crippen LogP) is 0.766. The van der Waals surface area contributed by atoms with Crippen molar-refractivity contribution in [2.24, 2.45) is 11.1 Å². The Bertz CT molecular complexity index is 597. The van der Waals surface area contributed by atoms with Gasteiger partial charge >= 0.3 is 0 Å². The molecule has 6 heteroatoms. The van der Waals surface area contributed by atoms with E-state index in [1.165, 1.54) is 0 Å². The molecule has 124 valence electrons. The highest BCUT2D eigenvalue weighted by atomic mass is 16.5. The molecule has 0 aliphatic carbocycles. The van der Waals surface area contributed by atoms with Crippen molar-refractivity contribution < 1.29 is 14.3 Å². The first-order valence-corrected chi connectivity index (χ1v) is 8.09. The van der Waals surface area contributed by atoms with E-state index in [0.29, 0.717) is 16.7 Å². The number of piperidine rings is 1. The summed E-state index contributed by atoms with van der Waals surface area (Å²) in [7, 11) is 0. The summed E-state index contributed by atoms with van der Waals surface area (Å²) < 4.78 is 5.54. The van der Waals surface area contributed by atoms with Crippen molar-refractivity contribution in [2.45, 2.75) is 19.3 Å². The van der Waals surface area contributed by atoms with Crippen molar-refractivity contribution >= 4 is 11.8 Å². The maximum atomic E-state index is 12.4. The molecule has 0 bridgehead atoms. The average Bonchev–Trinajstić information content (AvgIpc) is 2.97. The van der Waals surface area contributed by atoms with E-state index in [-0.39, 0.29) is 12.5 Å². The van der Waals surface area contributed by atoms with Crippen LogP contribution in [0, 0.1) is 5.41 Å². The van der Waals surface area contributed by atoms with Gasteiger partial charge in [0.15, 0.2) is 6.61 Å². The van der Waals surface area contributed by atoms with Crippen LogP contribution in [0.25, 0.3) is 0 Å². The van der Waals surface area contributed by atoms with E-state index in [0.717, 1.165) is 45.4 Å². The molecule has 2 aliphatic rings. The smallest absolute Gasteiger partial charge is 0.260 e. The zero-order valence-electron chi connectivity index (χ0n) is 13.2. The molecule has 0 saturated carbocycles. The molecule has 3 rings (SSSR count). The topological polar surface area (TPSA) is 84.7 Å². The highest BCUT2D eigenvalue weighted by molar-refractivity contribution is 5.93. The average molecular weight is 317 g/mol. The second-order valence-corrected chi connectivity index (χ2v) is 6.50. The van der Waals surface area contributed by atoms with E-state index in [2.05, 4.69) is 5.32 Å². The zero-order chi connectivity index (χ0) is 16.3. The van der Waals surface area contributed by atoms with Crippen molar-refractivity contribution in [3.05, 3.63) is 29.8 Å². The third kappa shape index (κ3) is 3.64. The van der Waals surface area contributed by atoms with Crippen LogP contribution in [0.5, 0.6) is 5.75 Å². The van der Waals surface area contributed by atoms with Gasteiger partial charge in [0.05, 0.1) is 0 Å². The summed E-state index contributed by atoms with van der Waals surface area (Å²) in [5, 5.41) is 3.38. The fraction of sp³-hybridized carbons (Fsp3) is 0.529. The number of likely N-dealkylation sites (tertiary alicyclic amines) is 1. The SMILES string of the molecule is NC(=O)c1cccc(OCC(=O)N2CCC3(CCNCC3)C2)c1. The Balaban J connectivity index is 1.54. The van der Waals surface area contributed by atoms with Gasteiger partial charge in [0.25, 0.3) is 5.91 Å². The summed E-state index contributed by atoms with van der Waals surface area (Å²) in [6.07, 6.45) is 3.36. The number of amides is 2. The Morgan fingerprint density at radius 3 is 2.78 bits per heavy atom. The maximum absolute atomic E-state index is 12.4. The number of carbonyl (C=O) groups excluding carboxylic acids is 2. The lowest BCUT2D eigenvalue weighted by Gasteiger charge is -2.33. The lowest BCUT2D eigenvalue weighted by atomic mass is 9.78. The highest BCUT2D eigenvalue weighted by Crippen LogP contribution is 2.38. The minimum atomic E-state index is -0.505. The van der Waals surface area contributed by atoms with Crippen molar-refractivity contribution in [3.63, 3.8) is 0 Å². The molecule has 2 heterocycles. The molecular weight excluding hydrogens is 294 g/mol. The number of nitrogens with one attached hydrogen (secondary N) is 1.